The van der Waals surface area contributed by atoms with E-state index in [2.05, 4.69) is 15.2 Å². The highest BCUT2D eigenvalue weighted by Gasteiger charge is 2.11. The summed E-state index contributed by atoms with van der Waals surface area (Å²) in [6.07, 6.45) is 3.13. The van der Waals surface area contributed by atoms with E-state index in [0.717, 1.165) is 10.9 Å². The monoisotopic (exact) mass is 300 g/mol. The smallest absolute Gasteiger partial charge is 0.278 e. The summed E-state index contributed by atoms with van der Waals surface area (Å²) in [6, 6.07) is 9.84. The lowest BCUT2D eigenvalue weighted by Gasteiger charge is -1.98. The van der Waals surface area contributed by atoms with E-state index in [0.29, 0.717) is 16.3 Å². The minimum atomic E-state index is -0.461. The second kappa shape index (κ2) is 5.34. The number of nitro groups is 1. The molecule has 1 N–H and O–H groups in total. The number of fused-ring (bicyclic) bond motifs is 1. The maximum atomic E-state index is 11.0. The fourth-order valence-corrected chi connectivity index (χ4v) is 2.13. The first-order chi connectivity index (χ1) is 10.1. The van der Waals surface area contributed by atoms with Gasteiger partial charge in [-0.25, -0.2) is 0 Å². The van der Waals surface area contributed by atoms with Crippen LogP contribution >= 0.6 is 11.6 Å². The number of nitro benzene ring substituents is 1. The molecule has 2 aromatic carbocycles. The zero-order valence-corrected chi connectivity index (χ0v) is 11.4. The van der Waals surface area contributed by atoms with E-state index in [1.54, 1.807) is 12.3 Å². The van der Waals surface area contributed by atoms with Gasteiger partial charge in [0.05, 0.1) is 27.9 Å². The zero-order chi connectivity index (χ0) is 14.8. The molecule has 3 rings (SSSR count). The number of aromatic amines is 1. The molecule has 0 amide bonds. The fraction of sp³-hybridized carbons (Fsp3) is 0. The predicted octanol–water partition coefficient (Wildman–Crippen LogP) is 3.88. The van der Waals surface area contributed by atoms with Gasteiger partial charge in [0.15, 0.2) is 0 Å². The van der Waals surface area contributed by atoms with E-state index >= 15 is 0 Å². The van der Waals surface area contributed by atoms with Gasteiger partial charge in [-0.2, -0.15) is 5.10 Å². The Balaban J connectivity index is 1.98. The number of hydrogen-bond donors (Lipinski definition) is 1. The standard InChI is InChI=1S/C14H9ClN4O2/c15-11-1-4-14(19(20)21)10(5-11)7-16-12-2-3-13-9(6-12)8-17-18-13/h1-8H,(H,17,18). The molecule has 1 heterocycles. The van der Waals surface area contributed by atoms with E-state index in [4.69, 9.17) is 11.6 Å². The molecule has 21 heavy (non-hydrogen) atoms. The van der Waals surface area contributed by atoms with Crippen LogP contribution in [0.4, 0.5) is 11.4 Å². The first-order valence-corrected chi connectivity index (χ1v) is 6.42. The molecule has 0 aliphatic carbocycles. The molecule has 0 spiro atoms. The van der Waals surface area contributed by atoms with Crippen molar-refractivity contribution in [2.24, 2.45) is 4.99 Å². The summed E-state index contributed by atoms with van der Waals surface area (Å²) in [5.41, 5.74) is 1.91. The van der Waals surface area contributed by atoms with Crippen LogP contribution in [0.2, 0.25) is 5.02 Å². The van der Waals surface area contributed by atoms with Gasteiger partial charge in [-0.05, 0) is 30.3 Å². The average molecular weight is 301 g/mol. The number of aromatic nitrogens is 2. The van der Waals surface area contributed by atoms with Crippen molar-refractivity contribution in [1.29, 1.82) is 0 Å². The van der Waals surface area contributed by atoms with Crippen LogP contribution in [0.15, 0.2) is 47.6 Å². The number of halogens is 1. The molecule has 0 aliphatic rings. The maximum absolute atomic E-state index is 11.0. The van der Waals surface area contributed by atoms with Gasteiger partial charge in [-0.3, -0.25) is 20.2 Å². The molecule has 104 valence electrons. The number of hydrogen-bond acceptors (Lipinski definition) is 4. The number of H-pyrrole nitrogens is 1. The molecule has 0 aliphatic heterocycles. The van der Waals surface area contributed by atoms with Crippen molar-refractivity contribution in [3.63, 3.8) is 0 Å². The summed E-state index contributed by atoms with van der Waals surface area (Å²) < 4.78 is 0. The fourth-order valence-electron chi connectivity index (χ4n) is 1.95. The molecule has 1 aromatic heterocycles. The van der Waals surface area contributed by atoms with Crippen LogP contribution < -0.4 is 0 Å². The van der Waals surface area contributed by atoms with Crippen molar-refractivity contribution >= 4 is 40.1 Å². The largest absolute Gasteiger partial charge is 0.278 e. The Labute approximate surface area is 124 Å². The number of nitrogens with one attached hydrogen (secondary N) is 1. The number of benzene rings is 2. The maximum Gasteiger partial charge on any atom is 0.278 e. The Morgan fingerprint density at radius 3 is 2.95 bits per heavy atom. The van der Waals surface area contributed by atoms with E-state index in [1.165, 1.54) is 24.4 Å². The third-order valence-corrected chi connectivity index (χ3v) is 3.20. The highest BCUT2D eigenvalue weighted by molar-refractivity contribution is 6.31. The zero-order valence-electron chi connectivity index (χ0n) is 10.7. The topological polar surface area (TPSA) is 84.2 Å². The number of aliphatic imine (C=N–C) groups is 1. The van der Waals surface area contributed by atoms with Crippen LogP contribution in [0, 0.1) is 10.1 Å². The Morgan fingerprint density at radius 2 is 2.14 bits per heavy atom. The van der Waals surface area contributed by atoms with Crippen LogP contribution in [0.5, 0.6) is 0 Å². The van der Waals surface area contributed by atoms with E-state index in [-0.39, 0.29) is 5.69 Å². The van der Waals surface area contributed by atoms with Gasteiger partial charge in [0.2, 0.25) is 0 Å². The van der Waals surface area contributed by atoms with Crippen molar-refractivity contribution in [3.05, 3.63) is 63.3 Å². The summed E-state index contributed by atoms with van der Waals surface area (Å²) in [6.45, 7) is 0. The minimum Gasteiger partial charge on any atom is -0.278 e. The predicted molar refractivity (Wildman–Crippen MR) is 81.5 cm³/mol. The van der Waals surface area contributed by atoms with Crippen LogP contribution in [-0.2, 0) is 0 Å². The molecular weight excluding hydrogens is 292 g/mol. The van der Waals surface area contributed by atoms with Crippen LogP contribution in [0.3, 0.4) is 0 Å². The molecule has 0 fully saturated rings. The molecular formula is C14H9ClN4O2. The van der Waals surface area contributed by atoms with Crippen molar-refractivity contribution < 1.29 is 4.92 Å². The molecule has 0 radical (unpaired) electrons. The first-order valence-electron chi connectivity index (χ1n) is 6.04. The first kappa shape index (κ1) is 13.3. The highest BCUT2D eigenvalue weighted by atomic mass is 35.5. The highest BCUT2D eigenvalue weighted by Crippen LogP contribution is 2.23. The lowest BCUT2D eigenvalue weighted by atomic mass is 10.2. The molecule has 6 nitrogen and oxygen atoms in total. The molecule has 0 unspecified atom stereocenters. The van der Waals surface area contributed by atoms with Crippen LogP contribution in [0.25, 0.3) is 10.9 Å². The van der Waals surface area contributed by atoms with Gasteiger partial charge in [0.25, 0.3) is 5.69 Å². The van der Waals surface area contributed by atoms with Gasteiger partial charge < -0.3 is 0 Å². The molecule has 0 saturated heterocycles. The van der Waals surface area contributed by atoms with Gasteiger partial charge in [-0.1, -0.05) is 11.6 Å². The Kier molecular flexibility index (Phi) is 3.37. The molecule has 0 atom stereocenters. The average Bonchev–Trinajstić information content (AvgIpc) is 2.92. The summed E-state index contributed by atoms with van der Waals surface area (Å²) in [5, 5.41) is 19.1. The lowest BCUT2D eigenvalue weighted by Crippen LogP contribution is -1.94. The van der Waals surface area contributed by atoms with E-state index < -0.39 is 4.92 Å². The van der Waals surface area contributed by atoms with Gasteiger partial charge in [0.1, 0.15) is 0 Å². The Morgan fingerprint density at radius 1 is 1.29 bits per heavy atom. The van der Waals surface area contributed by atoms with Crippen molar-refractivity contribution in [2.75, 3.05) is 0 Å². The quantitative estimate of drug-likeness (QED) is 0.452. The van der Waals surface area contributed by atoms with Gasteiger partial charge in [0, 0.05) is 22.7 Å². The van der Waals surface area contributed by atoms with E-state index in [1.807, 2.05) is 12.1 Å². The molecule has 0 bridgehead atoms. The molecule has 7 heteroatoms. The summed E-state index contributed by atoms with van der Waals surface area (Å²) >= 11 is 5.87. The molecule has 3 aromatic rings. The molecule has 0 saturated carbocycles. The lowest BCUT2D eigenvalue weighted by molar-refractivity contribution is -0.385. The van der Waals surface area contributed by atoms with Crippen LogP contribution in [0.1, 0.15) is 5.56 Å². The number of rotatable bonds is 3. The minimum absolute atomic E-state index is 0.0347. The second-order valence-electron chi connectivity index (χ2n) is 4.36. The van der Waals surface area contributed by atoms with Crippen molar-refractivity contribution in [3.8, 4) is 0 Å². The Bertz CT molecular complexity index is 857. The SMILES string of the molecule is O=[N+]([O-])c1ccc(Cl)cc1C=Nc1ccc2[nH]ncc2c1. The summed E-state index contributed by atoms with van der Waals surface area (Å²) in [5.74, 6) is 0. The van der Waals surface area contributed by atoms with E-state index in [9.17, 15) is 10.1 Å². The number of nitrogens with zero attached hydrogens (tertiary/aromatic N) is 3. The van der Waals surface area contributed by atoms with Crippen molar-refractivity contribution in [2.45, 2.75) is 0 Å². The second-order valence-corrected chi connectivity index (χ2v) is 4.80. The third kappa shape index (κ3) is 2.75. The summed E-state index contributed by atoms with van der Waals surface area (Å²) in [4.78, 5) is 14.8. The van der Waals surface area contributed by atoms with Gasteiger partial charge >= 0.3 is 0 Å². The van der Waals surface area contributed by atoms with Crippen molar-refractivity contribution in [1.82, 2.24) is 10.2 Å². The third-order valence-electron chi connectivity index (χ3n) is 2.96. The Hall–Kier alpha value is -2.73. The van der Waals surface area contributed by atoms with Gasteiger partial charge in [-0.15, -0.1) is 0 Å². The normalized spacial score (nSPS) is 11.3. The summed E-state index contributed by atoms with van der Waals surface area (Å²) in [7, 11) is 0. The van der Waals surface area contributed by atoms with Crippen LogP contribution in [-0.4, -0.2) is 21.3 Å².